The van der Waals surface area contributed by atoms with Crippen LogP contribution in [0, 0.1) is 4.91 Å². The zero-order valence-electron chi connectivity index (χ0n) is 18.5. The highest BCUT2D eigenvalue weighted by Crippen LogP contribution is 2.20. The summed E-state index contributed by atoms with van der Waals surface area (Å²) in [5.41, 5.74) is 0.684. The minimum Gasteiger partial charge on any atom is -0.353 e. The van der Waals surface area contributed by atoms with Crippen molar-refractivity contribution in [3.8, 4) is 0 Å². The number of aromatic amines is 1. The summed E-state index contributed by atoms with van der Waals surface area (Å²) in [7, 11) is 0. The maximum absolute atomic E-state index is 12.5. The van der Waals surface area contributed by atoms with Gasteiger partial charge in [-0.2, -0.15) is 11.8 Å². The third kappa shape index (κ3) is 5.35. The van der Waals surface area contributed by atoms with E-state index in [2.05, 4.69) is 20.5 Å². The number of hydrogen-bond acceptors (Lipinski definition) is 9. The number of amides is 2. The molecule has 2 aliphatic heterocycles. The van der Waals surface area contributed by atoms with E-state index in [1.165, 1.54) is 10.8 Å². The van der Waals surface area contributed by atoms with E-state index in [4.69, 9.17) is 0 Å². The molecule has 1 saturated heterocycles. The highest BCUT2D eigenvalue weighted by atomic mass is 32.2. The molecule has 0 bridgehead atoms. The number of fused-ring (bicyclic) bond motifs is 1. The van der Waals surface area contributed by atoms with Crippen molar-refractivity contribution in [3.63, 3.8) is 0 Å². The molecule has 0 spiro atoms. The third-order valence-electron chi connectivity index (χ3n) is 5.94. The van der Waals surface area contributed by atoms with Crippen LogP contribution < -0.4 is 21.5 Å². The van der Waals surface area contributed by atoms with Gasteiger partial charge in [0.2, 0.25) is 11.8 Å². The van der Waals surface area contributed by atoms with E-state index in [9.17, 15) is 24.1 Å². The van der Waals surface area contributed by atoms with Crippen LogP contribution in [-0.2, 0) is 28.3 Å². The molecule has 0 aliphatic carbocycles. The minimum atomic E-state index is -0.510. The first-order valence-corrected chi connectivity index (χ1v) is 12.1. The van der Waals surface area contributed by atoms with Crippen LogP contribution in [0.15, 0.2) is 33.1 Å². The van der Waals surface area contributed by atoms with Gasteiger partial charge in [-0.05, 0) is 29.5 Å². The molecule has 0 saturated carbocycles. The van der Waals surface area contributed by atoms with E-state index in [0.717, 1.165) is 5.75 Å². The quantitative estimate of drug-likeness (QED) is 0.517. The summed E-state index contributed by atoms with van der Waals surface area (Å²) in [5, 5.41) is 5.46. The summed E-state index contributed by atoms with van der Waals surface area (Å²) in [5.74, 6) is 1.57. The first-order chi connectivity index (χ1) is 16.5. The molecule has 1 fully saturated rings. The lowest BCUT2D eigenvalue weighted by Crippen LogP contribution is -2.51. The number of rotatable bonds is 7. The van der Waals surface area contributed by atoms with Gasteiger partial charge in [-0.1, -0.05) is 0 Å². The molecule has 4 heterocycles. The molecule has 0 unspecified atom stereocenters. The van der Waals surface area contributed by atoms with E-state index < -0.39 is 5.69 Å². The summed E-state index contributed by atoms with van der Waals surface area (Å²) in [6.45, 7) is 2.17. The van der Waals surface area contributed by atoms with Crippen LogP contribution in [0.25, 0.3) is 0 Å². The molecule has 34 heavy (non-hydrogen) atoms. The maximum atomic E-state index is 12.5. The third-order valence-corrected chi connectivity index (χ3v) is 6.92. The molecule has 12 nitrogen and oxygen atoms in total. The summed E-state index contributed by atoms with van der Waals surface area (Å²) in [6.07, 6.45) is 2.05. The summed E-state index contributed by atoms with van der Waals surface area (Å²) < 4.78 is 1.46. The molecular weight excluding hydrogens is 462 g/mol. The Morgan fingerprint density at radius 2 is 1.97 bits per heavy atom. The monoisotopic (exact) mass is 487 g/mol. The molecule has 2 aromatic rings. The Hall–Kier alpha value is -3.48. The molecule has 13 heteroatoms. The smallest absolute Gasteiger partial charge is 0.328 e. The van der Waals surface area contributed by atoms with Crippen molar-refractivity contribution in [1.29, 1.82) is 0 Å². The fourth-order valence-corrected chi connectivity index (χ4v) is 5.05. The molecule has 2 N–H and O–H groups in total. The zero-order valence-corrected chi connectivity index (χ0v) is 19.3. The van der Waals surface area contributed by atoms with Crippen LogP contribution in [0.2, 0.25) is 0 Å². The largest absolute Gasteiger partial charge is 0.353 e. The van der Waals surface area contributed by atoms with Crippen molar-refractivity contribution in [2.75, 3.05) is 43.4 Å². The highest BCUT2D eigenvalue weighted by Gasteiger charge is 2.23. The van der Waals surface area contributed by atoms with Gasteiger partial charge in [0.15, 0.2) is 0 Å². The first-order valence-electron chi connectivity index (χ1n) is 11.0. The fourth-order valence-electron chi connectivity index (χ4n) is 4.06. The van der Waals surface area contributed by atoms with Crippen LogP contribution in [0.5, 0.6) is 0 Å². The summed E-state index contributed by atoms with van der Waals surface area (Å²) in [4.78, 5) is 69.8. The van der Waals surface area contributed by atoms with Crippen molar-refractivity contribution in [3.05, 3.63) is 55.3 Å². The van der Waals surface area contributed by atoms with Gasteiger partial charge >= 0.3 is 5.69 Å². The number of pyridine rings is 1. The number of aromatic nitrogens is 3. The molecule has 180 valence electrons. The average molecular weight is 488 g/mol. The van der Waals surface area contributed by atoms with Gasteiger partial charge < -0.3 is 15.1 Å². The molecule has 0 atom stereocenters. The first kappa shape index (κ1) is 23.7. The molecule has 2 aliphatic rings. The van der Waals surface area contributed by atoms with Crippen molar-refractivity contribution >= 4 is 35.1 Å². The Bertz CT molecular complexity index is 1190. The van der Waals surface area contributed by atoms with Crippen molar-refractivity contribution < 1.29 is 9.59 Å². The van der Waals surface area contributed by atoms with Gasteiger partial charge in [-0.25, -0.2) is 9.78 Å². The van der Waals surface area contributed by atoms with Gasteiger partial charge in [0, 0.05) is 56.2 Å². The number of nitroso groups, excluding NO2 is 1. The second-order valence-electron chi connectivity index (χ2n) is 8.00. The van der Waals surface area contributed by atoms with E-state index in [1.54, 1.807) is 28.8 Å². The summed E-state index contributed by atoms with van der Waals surface area (Å²) in [6, 6.07) is 3.32. The highest BCUT2D eigenvalue weighted by molar-refractivity contribution is 7.98. The number of carbonyl (C=O) groups is 2. The van der Waals surface area contributed by atoms with E-state index in [1.807, 2.05) is 4.90 Å². The van der Waals surface area contributed by atoms with Crippen LogP contribution in [0.4, 0.5) is 11.5 Å². The van der Waals surface area contributed by atoms with Crippen LogP contribution in [0.3, 0.4) is 0 Å². The summed E-state index contributed by atoms with van der Waals surface area (Å²) >= 11 is 1.64. The predicted octanol–water partition coefficient (Wildman–Crippen LogP) is -0.0261. The lowest BCUT2D eigenvalue weighted by molar-refractivity contribution is -0.133. The SMILES string of the molecule is O=Nc1ccc(N2CCN(C(=O)CNC(=O)CCn3c4c(c(=O)[nH]c3=O)CSCC4)CC2)nc1. The fraction of sp³-hybridized carbons (Fsp3) is 0.476. The van der Waals surface area contributed by atoms with Crippen molar-refractivity contribution in [2.45, 2.75) is 25.1 Å². The minimum absolute atomic E-state index is 0.0316. The number of anilines is 1. The number of thioether (sulfide) groups is 1. The Morgan fingerprint density at radius 1 is 1.18 bits per heavy atom. The number of hydrogen-bond donors (Lipinski definition) is 2. The standard InChI is InChI=1S/C21H25N7O5S/c29-18(3-5-28-16-4-10-34-13-15(16)20(31)24-21(28)32)23-12-19(30)27-8-6-26(7-9-27)17-2-1-14(25-33)11-22-17/h1-2,11H,3-10,12-13H2,(H,23,29)(H,24,31,32). The number of carbonyl (C=O) groups excluding carboxylic acids is 2. The van der Waals surface area contributed by atoms with Crippen LogP contribution >= 0.6 is 11.8 Å². The Kier molecular flexibility index (Phi) is 7.40. The second-order valence-corrected chi connectivity index (χ2v) is 9.10. The van der Waals surface area contributed by atoms with Crippen molar-refractivity contribution in [1.82, 2.24) is 24.8 Å². The van der Waals surface area contributed by atoms with Crippen LogP contribution in [-0.4, -0.2) is 69.7 Å². The Morgan fingerprint density at radius 3 is 2.68 bits per heavy atom. The van der Waals surface area contributed by atoms with E-state index in [-0.39, 0.29) is 42.6 Å². The Labute approximate surface area is 198 Å². The van der Waals surface area contributed by atoms with Crippen LogP contribution in [0.1, 0.15) is 17.7 Å². The maximum Gasteiger partial charge on any atom is 0.328 e. The number of nitrogens with one attached hydrogen (secondary N) is 2. The normalized spacial score (nSPS) is 15.5. The van der Waals surface area contributed by atoms with Gasteiger partial charge in [-0.3, -0.25) is 23.9 Å². The van der Waals surface area contributed by atoms with Gasteiger partial charge in [0.25, 0.3) is 5.56 Å². The number of H-pyrrole nitrogens is 1. The Balaban J connectivity index is 1.24. The lowest BCUT2D eigenvalue weighted by atomic mass is 10.2. The molecule has 4 rings (SSSR count). The molecule has 0 radical (unpaired) electrons. The molecule has 0 aromatic carbocycles. The average Bonchev–Trinajstić information content (AvgIpc) is 2.87. The molecule has 2 aromatic heterocycles. The topological polar surface area (TPSA) is 150 Å². The number of nitrogens with zero attached hydrogens (tertiary/aromatic N) is 5. The predicted molar refractivity (Wildman–Crippen MR) is 127 cm³/mol. The molecular formula is C21H25N7O5S. The number of piperazine rings is 1. The van der Waals surface area contributed by atoms with Gasteiger partial charge in [0.1, 0.15) is 11.5 Å². The lowest BCUT2D eigenvalue weighted by Gasteiger charge is -2.35. The van der Waals surface area contributed by atoms with E-state index >= 15 is 0 Å². The van der Waals surface area contributed by atoms with Gasteiger partial charge in [0.05, 0.1) is 12.7 Å². The van der Waals surface area contributed by atoms with Gasteiger partial charge in [-0.15, -0.1) is 4.91 Å². The molecule has 2 amide bonds. The van der Waals surface area contributed by atoms with Crippen molar-refractivity contribution in [2.24, 2.45) is 5.18 Å². The van der Waals surface area contributed by atoms with E-state index in [0.29, 0.717) is 55.4 Å². The second kappa shape index (κ2) is 10.6. The zero-order chi connectivity index (χ0) is 24.1.